The normalized spacial score (nSPS) is 9.00. The van der Waals surface area contributed by atoms with Gasteiger partial charge in [-0.1, -0.05) is 70.0 Å². The second-order valence-corrected chi connectivity index (χ2v) is 3.08. The van der Waals surface area contributed by atoms with Crippen LogP contribution in [0.5, 0.6) is 0 Å². The van der Waals surface area contributed by atoms with Gasteiger partial charge in [-0.25, -0.2) is 0 Å². The molecule has 0 unspecified atom stereocenters. The fourth-order valence-electron chi connectivity index (χ4n) is 0.674. The van der Waals surface area contributed by atoms with Gasteiger partial charge in [-0.2, -0.15) is 0 Å². The number of rotatable bonds is 2. The predicted octanol–water partition coefficient (Wildman–Crippen LogP) is 4.13. The molecule has 68 valence electrons. The van der Waals surface area contributed by atoms with Gasteiger partial charge in [0.25, 0.3) is 0 Å². The van der Waals surface area contributed by atoms with Crippen LogP contribution in [0.1, 0.15) is 33.6 Å². The van der Waals surface area contributed by atoms with Gasteiger partial charge in [-0.3, -0.25) is 0 Å². The van der Waals surface area contributed by atoms with Crippen LogP contribution in [0, 0.1) is 5.92 Å². The van der Waals surface area contributed by atoms with E-state index in [1.165, 1.54) is 12.8 Å². The lowest BCUT2D eigenvalue weighted by molar-refractivity contribution is 0.544. The maximum absolute atomic E-state index is 2.28. The van der Waals surface area contributed by atoms with E-state index in [1.54, 1.807) is 0 Å². The lowest BCUT2D eigenvalue weighted by atomic mass is 10.1. The van der Waals surface area contributed by atoms with Gasteiger partial charge in [-0.05, 0) is 5.92 Å². The van der Waals surface area contributed by atoms with Crippen LogP contribution in [-0.4, -0.2) is 0 Å². The first-order chi connectivity index (χ1) is 5.81. The van der Waals surface area contributed by atoms with Crippen molar-refractivity contribution in [1.29, 1.82) is 0 Å². The number of hydrogen-bond donors (Lipinski definition) is 0. The molecule has 0 atom stereocenters. The smallest absolute Gasteiger partial charge is 0.0448 e. The summed E-state index contributed by atoms with van der Waals surface area (Å²) < 4.78 is 0. The highest BCUT2D eigenvalue weighted by atomic mass is 13.9. The summed E-state index contributed by atoms with van der Waals surface area (Å²) in [6.45, 7) is 6.74. The van der Waals surface area contributed by atoms with E-state index in [1.807, 2.05) is 36.4 Å². The Bertz CT molecular complexity index is 124. The Kier molecular flexibility index (Phi) is 7.78. The summed E-state index contributed by atoms with van der Waals surface area (Å²) in [5, 5.41) is 0. The minimum absolute atomic E-state index is 0.935. The highest BCUT2D eigenvalue weighted by Gasteiger charge is 1.88. The Morgan fingerprint density at radius 1 is 0.750 bits per heavy atom. The molecule has 0 amide bonds. The van der Waals surface area contributed by atoms with Crippen LogP contribution < -0.4 is 0 Å². The molecule has 0 aromatic heterocycles. The van der Waals surface area contributed by atoms with E-state index in [9.17, 15) is 0 Å². The standard InChI is InChI=1S/C6H6.C6H14/c1-2-4-6-5-3-1;1-4-6(3)5-2/h1-6H;6H,4-5H2,1-3H3. The highest BCUT2D eigenvalue weighted by molar-refractivity contribution is 4.99. The van der Waals surface area contributed by atoms with Crippen molar-refractivity contribution >= 4 is 0 Å². The van der Waals surface area contributed by atoms with E-state index in [-0.39, 0.29) is 0 Å². The Morgan fingerprint density at radius 3 is 1.08 bits per heavy atom. The maximum atomic E-state index is 2.28. The second-order valence-electron chi connectivity index (χ2n) is 3.08. The molecule has 12 heavy (non-hydrogen) atoms. The molecular formula is C12H20. The van der Waals surface area contributed by atoms with Crippen molar-refractivity contribution in [2.24, 2.45) is 5.92 Å². The molecule has 0 nitrogen and oxygen atoms in total. The van der Waals surface area contributed by atoms with E-state index >= 15 is 0 Å². The van der Waals surface area contributed by atoms with Gasteiger partial charge >= 0.3 is 0 Å². The zero-order valence-corrected chi connectivity index (χ0v) is 8.46. The number of hydrogen-bond acceptors (Lipinski definition) is 0. The lowest BCUT2D eigenvalue weighted by Gasteiger charge is -1.98. The van der Waals surface area contributed by atoms with E-state index in [2.05, 4.69) is 20.8 Å². The van der Waals surface area contributed by atoms with Crippen LogP contribution in [0.15, 0.2) is 36.4 Å². The molecular weight excluding hydrogens is 144 g/mol. The molecule has 0 aliphatic rings. The molecule has 0 saturated carbocycles. The molecule has 0 N–H and O–H groups in total. The van der Waals surface area contributed by atoms with E-state index < -0.39 is 0 Å². The zero-order valence-electron chi connectivity index (χ0n) is 8.46. The second kappa shape index (κ2) is 8.32. The quantitative estimate of drug-likeness (QED) is 0.616. The van der Waals surface area contributed by atoms with Gasteiger partial charge in [-0.15, -0.1) is 0 Å². The fourth-order valence-corrected chi connectivity index (χ4v) is 0.674. The Morgan fingerprint density at radius 2 is 1.00 bits per heavy atom. The topological polar surface area (TPSA) is 0 Å². The van der Waals surface area contributed by atoms with Crippen molar-refractivity contribution in [2.45, 2.75) is 33.6 Å². The Labute approximate surface area is 76.6 Å². The Hall–Kier alpha value is -0.780. The summed E-state index contributed by atoms with van der Waals surface area (Å²) in [6, 6.07) is 12.0. The van der Waals surface area contributed by atoms with Crippen LogP contribution in [0.25, 0.3) is 0 Å². The average molecular weight is 164 g/mol. The van der Waals surface area contributed by atoms with E-state index in [0.29, 0.717) is 0 Å². The van der Waals surface area contributed by atoms with Gasteiger partial charge in [0.1, 0.15) is 0 Å². The van der Waals surface area contributed by atoms with Gasteiger partial charge in [0.15, 0.2) is 0 Å². The van der Waals surface area contributed by atoms with Crippen LogP contribution in [-0.2, 0) is 0 Å². The largest absolute Gasteiger partial charge is 0.0651 e. The average Bonchev–Trinajstić information content (AvgIpc) is 2.20. The summed E-state index contributed by atoms with van der Waals surface area (Å²) in [4.78, 5) is 0. The Balaban J connectivity index is 0.000000202. The van der Waals surface area contributed by atoms with Gasteiger partial charge < -0.3 is 0 Å². The third-order valence-electron chi connectivity index (χ3n) is 2.06. The lowest BCUT2D eigenvalue weighted by Crippen LogP contribution is -1.85. The fraction of sp³-hybridized carbons (Fsp3) is 0.500. The molecule has 0 spiro atoms. The molecule has 0 heteroatoms. The van der Waals surface area contributed by atoms with Crippen LogP contribution >= 0.6 is 0 Å². The van der Waals surface area contributed by atoms with Crippen molar-refractivity contribution in [3.63, 3.8) is 0 Å². The van der Waals surface area contributed by atoms with Gasteiger partial charge in [0.2, 0.25) is 0 Å². The van der Waals surface area contributed by atoms with Crippen LogP contribution in [0.3, 0.4) is 0 Å². The molecule has 0 aliphatic heterocycles. The molecule has 0 fully saturated rings. The zero-order chi connectivity index (χ0) is 9.23. The van der Waals surface area contributed by atoms with Crippen molar-refractivity contribution in [1.82, 2.24) is 0 Å². The van der Waals surface area contributed by atoms with Crippen LogP contribution in [0.4, 0.5) is 0 Å². The SMILES string of the molecule is CCC(C)CC.c1ccccc1. The molecule has 0 bridgehead atoms. The third kappa shape index (κ3) is 7.33. The summed E-state index contributed by atoms with van der Waals surface area (Å²) in [5.41, 5.74) is 0. The molecule has 1 rings (SSSR count). The van der Waals surface area contributed by atoms with Gasteiger partial charge in [0.05, 0.1) is 0 Å². The molecule has 0 radical (unpaired) electrons. The monoisotopic (exact) mass is 164 g/mol. The van der Waals surface area contributed by atoms with Crippen molar-refractivity contribution in [2.75, 3.05) is 0 Å². The molecule has 0 heterocycles. The molecule has 0 saturated heterocycles. The summed E-state index contributed by atoms with van der Waals surface area (Å²) >= 11 is 0. The first kappa shape index (κ1) is 11.2. The maximum Gasteiger partial charge on any atom is -0.0448 e. The first-order valence-corrected chi connectivity index (χ1v) is 4.81. The minimum Gasteiger partial charge on any atom is -0.0651 e. The number of benzene rings is 1. The highest BCUT2D eigenvalue weighted by Crippen LogP contribution is 2.02. The molecule has 0 aliphatic carbocycles. The van der Waals surface area contributed by atoms with E-state index in [0.717, 1.165) is 5.92 Å². The van der Waals surface area contributed by atoms with Crippen molar-refractivity contribution in [3.8, 4) is 0 Å². The van der Waals surface area contributed by atoms with Crippen molar-refractivity contribution < 1.29 is 0 Å². The van der Waals surface area contributed by atoms with Gasteiger partial charge in [0, 0.05) is 0 Å². The minimum atomic E-state index is 0.935. The summed E-state index contributed by atoms with van der Waals surface area (Å²) in [6.07, 6.45) is 2.66. The predicted molar refractivity (Wildman–Crippen MR) is 56.2 cm³/mol. The first-order valence-electron chi connectivity index (χ1n) is 4.81. The summed E-state index contributed by atoms with van der Waals surface area (Å²) in [5.74, 6) is 0.935. The van der Waals surface area contributed by atoms with Crippen molar-refractivity contribution in [3.05, 3.63) is 36.4 Å². The van der Waals surface area contributed by atoms with Crippen LogP contribution in [0.2, 0.25) is 0 Å². The molecule has 1 aromatic carbocycles. The third-order valence-corrected chi connectivity index (χ3v) is 2.06. The van der Waals surface area contributed by atoms with E-state index in [4.69, 9.17) is 0 Å². The summed E-state index contributed by atoms with van der Waals surface area (Å²) in [7, 11) is 0. The molecule has 1 aromatic rings.